The Bertz CT molecular complexity index is 710. The van der Waals surface area contributed by atoms with Crippen LogP contribution >= 0.6 is 11.6 Å². The fraction of sp³-hybridized carbons (Fsp3) is 0.381. The molecule has 138 valence electrons. The summed E-state index contributed by atoms with van der Waals surface area (Å²) in [6.07, 6.45) is 2.88. The third-order valence-electron chi connectivity index (χ3n) is 5.04. The number of likely N-dealkylation sites (tertiary alicyclic amines) is 1. The van der Waals surface area contributed by atoms with Gasteiger partial charge < -0.3 is 15.0 Å². The molecule has 4 nitrogen and oxygen atoms in total. The molecule has 1 heterocycles. The van der Waals surface area contributed by atoms with Crippen molar-refractivity contribution >= 4 is 17.5 Å². The maximum Gasteiger partial charge on any atom is 0.224 e. The number of hydrogen-bond acceptors (Lipinski definition) is 2. The lowest BCUT2D eigenvalue weighted by atomic mass is 10.0. The zero-order valence-corrected chi connectivity index (χ0v) is 15.9. The molecule has 1 saturated heterocycles. The van der Waals surface area contributed by atoms with E-state index >= 15 is 0 Å². The molecule has 0 aliphatic carbocycles. The Morgan fingerprint density at radius 1 is 1.12 bits per heavy atom. The second-order valence-electron chi connectivity index (χ2n) is 6.80. The molecular formula is C21H26ClN2O2+. The number of rotatable bonds is 7. The van der Waals surface area contributed by atoms with Crippen molar-refractivity contribution in [3.63, 3.8) is 0 Å². The van der Waals surface area contributed by atoms with E-state index in [2.05, 4.69) is 17.4 Å². The highest BCUT2D eigenvalue weighted by molar-refractivity contribution is 6.30. The molecule has 0 radical (unpaired) electrons. The Labute approximate surface area is 160 Å². The van der Waals surface area contributed by atoms with Crippen LogP contribution in [0, 0.1) is 0 Å². The van der Waals surface area contributed by atoms with Gasteiger partial charge in [-0.2, -0.15) is 0 Å². The fourth-order valence-corrected chi connectivity index (χ4v) is 3.70. The summed E-state index contributed by atoms with van der Waals surface area (Å²) in [5, 5.41) is 3.81. The Balaban J connectivity index is 1.63. The van der Waals surface area contributed by atoms with Crippen LogP contribution in [0.15, 0.2) is 48.5 Å². The number of ether oxygens (including phenoxy) is 1. The normalized spacial score (nSPS) is 15.6. The smallest absolute Gasteiger partial charge is 0.224 e. The summed E-state index contributed by atoms with van der Waals surface area (Å²) in [6, 6.07) is 15.9. The first kappa shape index (κ1) is 18.7. The maximum atomic E-state index is 12.4. The largest absolute Gasteiger partial charge is 0.497 e. The lowest BCUT2D eigenvalue weighted by Gasteiger charge is -2.25. The van der Waals surface area contributed by atoms with Crippen molar-refractivity contribution in [2.75, 3.05) is 26.7 Å². The van der Waals surface area contributed by atoms with E-state index in [1.807, 2.05) is 36.4 Å². The minimum Gasteiger partial charge on any atom is -0.497 e. The fourth-order valence-electron chi connectivity index (χ4n) is 3.58. The molecule has 3 rings (SSSR count). The molecule has 1 amide bonds. The van der Waals surface area contributed by atoms with Crippen LogP contribution in [-0.2, 0) is 11.2 Å². The van der Waals surface area contributed by atoms with Crippen LogP contribution in [-0.4, -0.2) is 32.7 Å². The lowest BCUT2D eigenvalue weighted by Crippen LogP contribution is -3.11. The SMILES string of the molecule is COc1ccc([C@H](CNC(=O)Cc2ccc(Cl)cc2)[NH+]2CCCC2)cc1. The molecule has 2 aromatic rings. The molecule has 2 N–H and O–H groups in total. The van der Waals surface area contributed by atoms with Crippen molar-refractivity contribution < 1.29 is 14.4 Å². The molecule has 5 heteroatoms. The van der Waals surface area contributed by atoms with Gasteiger partial charge in [-0.15, -0.1) is 0 Å². The highest BCUT2D eigenvalue weighted by Crippen LogP contribution is 2.17. The van der Waals surface area contributed by atoms with Gasteiger partial charge in [0, 0.05) is 23.4 Å². The van der Waals surface area contributed by atoms with Gasteiger partial charge >= 0.3 is 0 Å². The first-order valence-corrected chi connectivity index (χ1v) is 9.53. The van der Waals surface area contributed by atoms with Crippen molar-refractivity contribution in [2.45, 2.75) is 25.3 Å². The number of carbonyl (C=O) groups is 1. The summed E-state index contributed by atoms with van der Waals surface area (Å²) in [4.78, 5) is 13.9. The standard InChI is InChI=1S/C21H25ClN2O2/c1-26-19-10-6-17(7-11-19)20(24-12-2-3-13-24)15-23-21(25)14-16-4-8-18(22)9-5-16/h4-11,20H,2-3,12-15H2,1H3,(H,23,25)/p+1/t20-/m0/s1. The first-order valence-electron chi connectivity index (χ1n) is 9.15. The molecule has 1 aliphatic rings. The number of benzene rings is 2. The van der Waals surface area contributed by atoms with Gasteiger partial charge in [-0.3, -0.25) is 4.79 Å². The molecule has 0 spiro atoms. The first-order chi connectivity index (χ1) is 12.7. The number of nitrogens with one attached hydrogen (secondary N) is 2. The van der Waals surface area contributed by atoms with Gasteiger partial charge in [0.05, 0.1) is 33.2 Å². The number of methoxy groups -OCH3 is 1. The molecule has 2 aromatic carbocycles. The van der Waals surface area contributed by atoms with E-state index in [0.717, 1.165) is 24.4 Å². The van der Waals surface area contributed by atoms with Crippen molar-refractivity contribution in [3.8, 4) is 5.75 Å². The summed E-state index contributed by atoms with van der Waals surface area (Å²) in [5.41, 5.74) is 2.22. The Morgan fingerprint density at radius 3 is 2.38 bits per heavy atom. The van der Waals surface area contributed by atoms with E-state index in [-0.39, 0.29) is 11.9 Å². The van der Waals surface area contributed by atoms with Gasteiger partial charge in [-0.25, -0.2) is 0 Å². The number of hydrogen-bond donors (Lipinski definition) is 2. The summed E-state index contributed by atoms with van der Waals surface area (Å²) >= 11 is 5.90. The highest BCUT2D eigenvalue weighted by atomic mass is 35.5. The van der Waals surface area contributed by atoms with E-state index in [0.29, 0.717) is 18.0 Å². The predicted octanol–water partition coefficient (Wildman–Crippen LogP) is 2.43. The van der Waals surface area contributed by atoms with E-state index in [4.69, 9.17) is 16.3 Å². The van der Waals surface area contributed by atoms with Crippen LogP contribution in [0.1, 0.15) is 30.0 Å². The van der Waals surface area contributed by atoms with Gasteiger partial charge in [0.2, 0.25) is 5.91 Å². The number of quaternary nitrogens is 1. The van der Waals surface area contributed by atoms with Crippen molar-refractivity contribution in [3.05, 3.63) is 64.7 Å². The zero-order chi connectivity index (χ0) is 18.4. The second-order valence-corrected chi connectivity index (χ2v) is 7.23. The molecule has 0 unspecified atom stereocenters. The summed E-state index contributed by atoms with van der Waals surface area (Å²) in [7, 11) is 1.68. The van der Waals surface area contributed by atoms with Crippen molar-refractivity contribution in [1.29, 1.82) is 0 Å². The molecule has 1 aliphatic heterocycles. The lowest BCUT2D eigenvalue weighted by molar-refractivity contribution is -0.918. The molecule has 0 aromatic heterocycles. The van der Waals surface area contributed by atoms with Crippen LogP contribution in [0.2, 0.25) is 5.02 Å². The maximum absolute atomic E-state index is 12.4. The molecule has 1 fully saturated rings. The van der Waals surface area contributed by atoms with Crippen LogP contribution in [0.5, 0.6) is 5.75 Å². The average molecular weight is 374 g/mol. The molecular weight excluding hydrogens is 348 g/mol. The van der Waals surface area contributed by atoms with Crippen LogP contribution in [0.3, 0.4) is 0 Å². The average Bonchev–Trinajstić information content (AvgIpc) is 3.19. The van der Waals surface area contributed by atoms with E-state index in [1.54, 1.807) is 12.0 Å². The van der Waals surface area contributed by atoms with E-state index < -0.39 is 0 Å². The third kappa shape index (κ3) is 4.99. The minimum atomic E-state index is 0.0458. The second kappa shape index (κ2) is 9.06. The summed E-state index contributed by atoms with van der Waals surface area (Å²) in [5.74, 6) is 0.903. The number of amides is 1. The van der Waals surface area contributed by atoms with Gasteiger partial charge in [0.25, 0.3) is 0 Å². The summed E-state index contributed by atoms with van der Waals surface area (Å²) in [6.45, 7) is 2.96. The molecule has 0 saturated carbocycles. The number of carbonyl (C=O) groups excluding carboxylic acids is 1. The number of halogens is 1. The van der Waals surface area contributed by atoms with Crippen LogP contribution < -0.4 is 15.0 Å². The quantitative estimate of drug-likeness (QED) is 0.782. The minimum absolute atomic E-state index is 0.0458. The summed E-state index contributed by atoms with van der Waals surface area (Å²) < 4.78 is 5.26. The van der Waals surface area contributed by atoms with Gasteiger partial charge in [-0.05, 0) is 42.0 Å². The zero-order valence-electron chi connectivity index (χ0n) is 15.1. The van der Waals surface area contributed by atoms with Gasteiger partial charge in [-0.1, -0.05) is 23.7 Å². The topological polar surface area (TPSA) is 42.8 Å². The predicted molar refractivity (Wildman–Crippen MR) is 104 cm³/mol. The van der Waals surface area contributed by atoms with Gasteiger partial charge in [0.1, 0.15) is 11.8 Å². The molecule has 26 heavy (non-hydrogen) atoms. The Morgan fingerprint density at radius 2 is 1.77 bits per heavy atom. The third-order valence-corrected chi connectivity index (χ3v) is 5.29. The Hall–Kier alpha value is -2.04. The van der Waals surface area contributed by atoms with E-state index in [1.165, 1.54) is 18.4 Å². The van der Waals surface area contributed by atoms with E-state index in [9.17, 15) is 4.79 Å². The molecule has 0 bridgehead atoms. The van der Waals surface area contributed by atoms with Crippen LogP contribution in [0.25, 0.3) is 0 Å². The van der Waals surface area contributed by atoms with Crippen molar-refractivity contribution in [2.24, 2.45) is 0 Å². The Kier molecular flexibility index (Phi) is 6.53. The van der Waals surface area contributed by atoms with Crippen LogP contribution in [0.4, 0.5) is 0 Å². The monoisotopic (exact) mass is 373 g/mol. The van der Waals surface area contributed by atoms with Gasteiger partial charge in [0.15, 0.2) is 0 Å². The highest BCUT2D eigenvalue weighted by Gasteiger charge is 2.27. The van der Waals surface area contributed by atoms with Crippen molar-refractivity contribution in [1.82, 2.24) is 5.32 Å². The molecule has 1 atom stereocenters.